The maximum atomic E-state index is 5.73. The Morgan fingerprint density at radius 1 is 1.05 bits per heavy atom. The molecular weight excluding hydrogens is 258 g/mol. The molecule has 0 N–H and O–H groups in total. The maximum absolute atomic E-state index is 5.73. The van der Waals surface area contributed by atoms with E-state index in [9.17, 15) is 0 Å². The van der Waals surface area contributed by atoms with Crippen LogP contribution < -0.4 is 0 Å². The van der Waals surface area contributed by atoms with Crippen molar-refractivity contribution in [2.75, 3.05) is 6.61 Å². The van der Waals surface area contributed by atoms with Crippen LogP contribution in [0.1, 0.15) is 55.6 Å². The molecule has 1 aliphatic heterocycles. The fourth-order valence-electron chi connectivity index (χ4n) is 4.76. The zero-order valence-electron chi connectivity index (χ0n) is 12.9. The summed E-state index contributed by atoms with van der Waals surface area (Å²) in [5.74, 6) is 3.25. The topological polar surface area (TPSA) is 21.6 Å². The molecule has 4 aliphatic rings. The Kier molecular flexibility index (Phi) is 3.48. The second kappa shape index (κ2) is 5.47. The van der Waals surface area contributed by atoms with E-state index in [4.69, 9.17) is 9.73 Å². The average Bonchev–Trinajstić information content (AvgIpc) is 3.02. The summed E-state index contributed by atoms with van der Waals surface area (Å²) in [6, 6.07) is 9.41. The van der Waals surface area contributed by atoms with Gasteiger partial charge < -0.3 is 4.74 Å². The van der Waals surface area contributed by atoms with Gasteiger partial charge in [-0.3, -0.25) is 4.99 Å². The lowest BCUT2D eigenvalue weighted by molar-refractivity contribution is 0.115. The number of aryl methyl sites for hydroxylation is 1. The highest BCUT2D eigenvalue weighted by Gasteiger charge is 2.45. The monoisotopic (exact) mass is 283 g/mol. The Labute approximate surface area is 127 Å². The number of aliphatic imine (C=N–C) groups is 1. The lowest BCUT2D eigenvalue weighted by Gasteiger charge is -2.47. The summed E-state index contributed by atoms with van der Waals surface area (Å²) < 4.78 is 5.73. The zero-order valence-corrected chi connectivity index (χ0v) is 12.9. The molecule has 4 fully saturated rings. The van der Waals surface area contributed by atoms with Crippen molar-refractivity contribution in [1.29, 1.82) is 0 Å². The first kappa shape index (κ1) is 13.4. The third kappa shape index (κ3) is 2.39. The molecule has 2 heteroatoms. The minimum atomic E-state index is 0.465. The standard InChI is InChI=1S/C19H25NO/c1-13-5-2-3-6-16(13)18-14-8-10-15(11-9-14)19(18)20-17-7-4-12-21-17/h2-3,5-6,14-15,18-19H,4,7-12H2,1H3. The van der Waals surface area contributed by atoms with E-state index in [2.05, 4.69) is 31.2 Å². The molecule has 3 saturated carbocycles. The number of nitrogens with zero attached hydrogens (tertiary/aromatic N) is 1. The summed E-state index contributed by atoms with van der Waals surface area (Å²) >= 11 is 0. The van der Waals surface area contributed by atoms with Crippen LogP contribution in [0.25, 0.3) is 0 Å². The van der Waals surface area contributed by atoms with Crippen molar-refractivity contribution in [1.82, 2.24) is 0 Å². The van der Waals surface area contributed by atoms with Crippen LogP contribution in [0.5, 0.6) is 0 Å². The summed E-state index contributed by atoms with van der Waals surface area (Å²) in [5, 5.41) is 0. The van der Waals surface area contributed by atoms with Gasteiger partial charge in [0, 0.05) is 12.3 Å². The van der Waals surface area contributed by atoms with Crippen LogP contribution in [-0.4, -0.2) is 18.5 Å². The van der Waals surface area contributed by atoms with Crippen LogP contribution in [0.15, 0.2) is 29.3 Å². The van der Waals surface area contributed by atoms with Crippen LogP contribution in [0.2, 0.25) is 0 Å². The Hall–Kier alpha value is -1.31. The minimum Gasteiger partial charge on any atom is -0.481 e. The molecule has 1 aromatic carbocycles. The molecule has 0 radical (unpaired) electrons. The van der Waals surface area contributed by atoms with Crippen molar-refractivity contribution < 1.29 is 4.74 Å². The van der Waals surface area contributed by atoms with Crippen molar-refractivity contribution in [3.05, 3.63) is 35.4 Å². The summed E-state index contributed by atoms with van der Waals surface area (Å²) in [4.78, 5) is 5.11. The van der Waals surface area contributed by atoms with Crippen molar-refractivity contribution in [3.63, 3.8) is 0 Å². The first-order valence-electron chi connectivity index (χ1n) is 8.58. The number of ether oxygens (including phenoxy) is 1. The molecule has 1 heterocycles. The quantitative estimate of drug-likeness (QED) is 0.784. The van der Waals surface area contributed by atoms with Gasteiger partial charge in [-0.1, -0.05) is 24.3 Å². The molecular formula is C19H25NO. The molecule has 5 rings (SSSR count). The third-order valence-corrected chi connectivity index (χ3v) is 5.82. The second-order valence-corrected chi connectivity index (χ2v) is 7.02. The average molecular weight is 283 g/mol. The molecule has 2 bridgehead atoms. The Morgan fingerprint density at radius 3 is 2.52 bits per heavy atom. The van der Waals surface area contributed by atoms with Crippen LogP contribution in [0, 0.1) is 18.8 Å². The fraction of sp³-hybridized carbons (Fsp3) is 0.632. The highest BCUT2D eigenvalue weighted by Crippen LogP contribution is 2.51. The molecule has 0 spiro atoms. The molecule has 2 unspecified atom stereocenters. The molecule has 1 saturated heterocycles. The van der Waals surface area contributed by atoms with Gasteiger partial charge in [0.1, 0.15) is 0 Å². The Morgan fingerprint density at radius 2 is 1.81 bits per heavy atom. The van der Waals surface area contributed by atoms with Crippen LogP contribution in [0.4, 0.5) is 0 Å². The third-order valence-electron chi connectivity index (χ3n) is 5.82. The lowest BCUT2D eigenvalue weighted by Crippen LogP contribution is -2.42. The fourth-order valence-corrected chi connectivity index (χ4v) is 4.76. The Balaban J connectivity index is 1.71. The minimum absolute atomic E-state index is 0.465. The van der Waals surface area contributed by atoms with E-state index in [1.807, 2.05) is 0 Å². The van der Waals surface area contributed by atoms with Gasteiger partial charge in [0.2, 0.25) is 0 Å². The van der Waals surface area contributed by atoms with E-state index >= 15 is 0 Å². The zero-order chi connectivity index (χ0) is 14.2. The summed E-state index contributed by atoms with van der Waals surface area (Å²) in [7, 11) is 0. The summed E-state index contributed by atoms with van der Waals surface area (Å²) in [6.07, 6.45) is 7.73. The smallest absolute Gasteiger partial charge is 0.183 e. The van der Waals surface area contributed by atoms with Crippen molar-refractivity contribution in [2.45, 2.75) is 57.4 Å². The first-order chi connectivity index (χ1) is 10.3. The van der Waals surface area contributed by atoms with Gasteiger partial charge >= 0.3 is 0 Å². The van der Waals surface area contributed by atoms with Crippen molar-refractivity contribution in [2.24, 2.45) is 16.8 Å². The number of fused-ring (bicyclic) bond motifs is 3. The van der Waals surface area contributed by atoms with Gasteiger partial charge in [-0.15, -0.1) is 0 Å². The first-order valence-corrected chi connectivity index (χ1v) is 8.58. The van der Waals surface area contributed by atoms with Crippen molar-refractivity contribution >= 4 is 5.90 Å². The molecule has 21 heavy (non-hydrogen) atoms. The lowest BCUT2D eigenvalue weighted by atomic mass is 9.59. The molecule has 2 atom stereocenters. The predicted octanol–water partition coefficient (Wildman–Crippen LogP) is 4.48. The normalized spacial score (nSPS) is 36.9. The van der Waals surface area contributed by atoms with E-state index < -0.39 is 0 Å². The molecule has 0 aromatic heterocycles. The van der Waals surface area contributed by atoms with E-state index in [-0.39, 0.29) is 0 Å². The van der Waals surface area contributed by atoms with Gasteiger partial charge in [0.25, 0.3) is 0 Å². The highest BCUT2D eigenvalue weighted by molar-refractivity contribution is 5.77. The SMILES string of the molecule is Cc1ccccc1C1C2CCC(CC2)C1N=C1CCCO1. The number of rotatable bonds is 2. The Bertz CT molecular complexity index is 534. The maximum Gasteiger partial charge on any atom is 0.183 e. The van der Waals surface area contributed by atoms with Crippen LogP contribution in [-0.2, 0) is 4.74 Å². The number of benzene rings is 1. The largest absolute Gasteiger partial charge is 0.481 e. The van der Waals surface area contributed by atoms with E-state index in [1.165, 1.54) is 31.2 Å². The van der Waals surface area contributed by atoms with Crippen LogP contribution >= 0.6 is 0 Å². The van der Waals surface area contributed by atoms with E-state index in [1.54, 1.807) is 5.56 Å². The van der Waals surface area contributed by atoms with E-state index in [0.29, 0.717) is 12.0 Å². The summed E-state index contributed by atoms with van der Waals surface area (Å²) in [5.41, 5.74) is 2.98. The van der Waals surface area contributed by atoms with Gasteiger partial charge in [0.15, 0.2) is 5.90 Å². The molecule has 2 nitrogen and oxygen atoms in total. The highest BCUT2D eigenvalue weighted by atomic mass is 16.5. The molecule has 1 aromatic rings. The summed E-state index contributed by atoms with van der Waals surface area (Å²) in [6.45, 7) is 3.13. The number of hydrogen-bond acceptors (Lipinski definition) is 2. The number of hydrogen-bond donors (Lipinski definition) is 0. The van der Waals surface area contributed by atoms with Gasteiger partial charge in [0.05, 0.1) is 12.6 Å². The van der Waals surface area contributed by atoms with Gasteiger partial charge in [-0.05, 0) is 62.0 Å². The molecule has 112 valence electrons. The van der Waals surface area contributed by atoms with Crippen LogP contribution in [0.3, 0.4) is 0 Å². The predicted molar refractivity (Wildman–Crippen MR) is 85.8 cm³/mol. The van der Waals surface area contributed by atoms with E-state index in [0.717, 1.165) is 37.2 Å². The van der Waals surface area contributed by atoms with Gasteiger partial charge in [-0.2, -0.15) is 0 Å². The molecule has 3 aliphatic carbocycles. The second-order valence-electron chi connectivity index (χ2n) is 7.02. The molecule has 0 amide bonds. The van der Waals surface area contributed by atoms with Gasteiger partial charge in [-0.25, -0.2) is 0 Å². The van der Waals surface area contributed by atoms with Crippen molar-refractivity contribution in [3.8, 4) is 0 Å².